The highest BCUT2D eigenvalue weighted by Gasteiger charge is 2.29. The van der Waals surface area contributed by atoms with Crippen molar-refractivity contribution in [3.8, 4) is 11.4 Å². The molecule has 2 fully saturated rings. The maximum atomic E-state index is 6.01. The molecule has 1 heterocycles. The number of nitrogen functional groups attached to an aromatic ring is 1. The number of nitrogens with two attached hydrogens (primary N) is 1. The van der Waals surface area contributed by atoms with Crippen LogP contribution < -0.4 is 5.73 Å². The zero-order chi connectivity index (χ0) is 13.7. The predicted molar refractivity (Wildman–Crippen MR) is 83.5 cm³/mol. The summed E-state index contributed by atoms with van der Waals surface area (Å²) < 4.78 is 0.873. The minimum absolute atomic E-state index is 0.545. The lowest BCUT2D eigenvalue weighted by Gasteiger charge is -2.09. The van der Waals surface area contributed by atoms with Gasteiger partial charge in [-0.15, -0.1) is 0 Å². The van der Waals surface area contributed by atoms with Crippen molar-refractivity contribution in [2.24, 2.45) is 0 Å². The highest BCUT2D eigenvalue weighted by molar-refractivity contribution is 9.10. The summed E-state index contributed by atoms with van der Waals surface area (Å²) in [6, 6.07) is 8.64. The average molecular weight is 330 g/mol. The Morgan fingerprint density at radius 1 is 0.950 bits per heavy atom. The average Bonchev–Trinajstić information content (AvgIpc) is 3.34. The summed E-state index contributed by atoms with van der Waals surface area (Å²) in [4.78, 5) is 9.14. The second-order valence-corrected chi connectivity index (χ2v) is 6.60. The van der Waals surface area contributed by atoms with Gasteiger partial charge in [0.15, 0.2) is 5.82 Å². The molecule has 1 aromatic heterocycles. The summed E-state index contributed by atoms with van der Waals surface area (Å²) in [6.07, 6.45) is 5.06. The highest BCUT2D eigenvalue weighted by Crippen LogP contribution is 2.44. The van der Waals surface area contributed by atoms with Gasteiger partial charge in [0.25, 0.3) is 0 Å². The monoisotopic (exact) mass is 329 g/mol. The number of aromatic nitrogens is 2. The molecule has 2 aromatic rings. The molecule has 0 bridgehead atoms. The molecule has 0 amide bonds. The number of benzene rings is 1. The van der Waals surface area contributed by atoms with Crippen LogP contribution in [0.3, 0.4) is 0 Å². The molecule has 2 aliphatic carbocycles. The van der Waals surface area contributed by atoms with Crippen LogP contribution in [0, 0.1) is 0 Å². The number of hydrogen-bond acceptors (Lipinski definition) is 3. The molecule has 102 valence electrons. The van der Waals surface area contributed by atoms with E-state index in [1.54, 1.807) is 0 Å². The van der Waals surface area contributed by atoms with Gasteiger partial charge in [-0.3, -0.25) is 0 Å². The van der Waals surface area contributed by atoms with Crippen LogP contribution in [-0.4, -0.2) is 9.97 Å². The summed E-state index contributed by atoms with van der Waals surface area (Å²) in [7, 11) is 0. The molecule has 0 atom stereocenters. The zero-order valence-electron chi connectivity index (χ0n) is 11.1. The van der Waals surface area contributed by atoms with Crippen molar-refractivity contribution in [2.45, 2.75) is 37.5 Å². The molecule has 4 heteroatoms. The Kier molecular flexibility index (Phi) is 2.81. The van der Waals surface area contributed by atoms with Gasteiger partial charge in [-0.1, -0.05) is 24.3 Å². The Labute approximate surface area is 126 Å². The largest absolute Gasteiger partial charge is 0.383 e. The van der Waals surface area contributed by atoms with Crippen LogP contribution in [0.2, 0.25) is 0 Å². The lowest BCUT2D eigenvalue weighted by atomic mass is 10.1. The Morgan fingerprint density at radius 3 is 2.20 bits per heavy atom. The van der Waals surface area contributed by atoms with Crippen LogP contribution in [0.25, 0.3) is 11.4 Å². The lowest BCUT2D eigenvalue weighted by molar-refractivity contribution is 0.984. The van der Waals surface area contributed by atoms with E-state index in [9.17, 15) is 0 Å². The van der Waals surface area contributed by atoms with Gasteiger partial charge >= 0.3 is 0 Å². The first-order valence-electron chi connectivity index (χ1n) is 7.15. The van der Waals surface area contributed by atoms with E-state index in [1.165, 1.54) is 31.2 Å². The van der Waals surface area contributed by atoms with Crippen molar-refractivity contribution in [3.63, 3.8) is 0 Å². The number of nitrogens with zero attached hydrogens (tertiary/aromatic N) is 2. The first-order chi connectivity index (χ1) is 9.72. The van der Waals surface area contributed by atoms with Gasteiger partial charge in [0.2, 0.25) is 0 Å². The highest BCUT2D eigenvalue weighted by atomic mass is 79.9. The van der Waals surface area contributed by atoms with Crippen molar-refractivity contribution >= 4 is 21.7 Å². The molecule has 2 N–H and O–H groups in total. The normalized spacial score (nSPS) is 18.2. The van der Waals surface area contributed by atoms with Crippen LogP contribution >= 0.6 is 15.9 Å². The molecular weight excluding hydrogens is 314 g/mol. The zero-order valence-corrected chi connectivity index (χ0v) is 12.7. The van der Waals surface area contributed by atoms with Gasteiger partial charge in [0.1, 0.15) is 5.82 Å². The van der Waals surface area contributed by atoms with Crippen LogP contribution in [0.1, 0.15) is 48.8 Å². The minimum Gasteiger partial charge on any atom is -0.383 e. The first-order valence-corrected chi connectivity index (χ1v) is 7.95. The van der Waals surface area contributed by atoms with E-state index in [0.29, 0.717) is 11.7 Å². The van der Waals surface area contributed by atoms with E-state index < -0.39 is 0 Å². The quantitative estimate of drug-likeness (QED) is 0.916. The molecule has 0 unspecified atom stereocenters. The summed E-state index contributed by atoms with van der Waals surface area (Å²) >= 11 is 3.52. The first kappa shape index (κ1) is 12.3. The van der Waals surface area contributed by atoms with E-state index >= 15 is 0 Å². The maximum absolute atomic E-state index is 6.01. The molecule has 0 spiro atoms. The molecule has 2 saturated carbocycles. The molecule has 20 heavy (non-hydrogen) atoms. The summed E-state index contributed by atoms with van der Waals surface area (Å²) in [5.74, 6) is 2.62. The summed E-state index contributed by atoms with van der Waals surface area (Å²) in [5, 5.41) is 0. The van der Waals surface area contributed by atoms with Gasteiger partial charge < -0.3 is 5.73 Å². The number of halogens is 1. The molecule has 0 saturated heterocycles. The van der Waals surface area contributed by atoms with E-state index in [2.05, 4.69) is 45.2 Å². The Morgan fingerprint density at radius 2 is 1.60 bits per heavy atom. The van der Waals surface area contributed by atoms with Crippen molar-refractivity contribution in [2.75, 3.05) is 5.73 Å². The van der Waals surface area contributed by atoms with E-state index in [4.69, 9.17) is 10.7 Å². The maximum Gasteiger partial charge on any atom is 0.161 e. The van der Waals surface area contributed by atoms with Crippen molar-refractivity contribution < 1.29 is 0 Å². The fourth-order valence-corrected chi connectivity index (χ4v) is 3.06. The van der Waals surface area contributed by atoms with Gasteiger partial charge in [-0.05, 0) is 53.1 Å². The molecule has 1 aromatic carbocycles. The summed E-state index contributed by atoms with van der Waals surface area (Å²) in [6.45, 7) is 0. The van der Waals surface area contributed by atoms with E-state index in [0.717, 1.165) is 27.5 Å². The second kappa shape index (κ2) is 4.55. The van der Waals surface area contributed by atoms with Crippen molar-refractivity contribution in [1.29, 1.82) is 0 Å². The second-order valence-electron chi connectivity index (χ2n) is 5.80. The molecular formula is C16H16BrN3. The van der Waals surface area contributed by atoms with Gasteiger partial charge in [-0.25, -0.2) is 9.97 Å². The number of rotatable bonds is 3. The number of hydrogen-bond donors (Lipinski definition) is 1. The van der Waals surface area contributed by atoms with Gasteiger partial charge in [0, 0.05) is 11.5 Å². The van der Waals surface area contributed by atoms with Gasteiger partial charge in [0.05, 0.1) is 10.2 Å². The molecule has 2 aliphatic rings. The summed E-state index contributed by atoms with van der Waals surface area (Å²) in [5.41, 5.74) is 9.57. The van der Waals surface area contributed by atoms with Crippen molar-refractivity contribution in [3.05, 3.63) is 40.0 Å². The Hall–Kier alpha value is -1.42. The predicted octanol–water partition coefficient (Wildman–Crippen LogP) is 4.24. The molecule has 0 aliphatic heterocycles. The molecule has 3 nitrogen and oxygen atoms in total. The molecule has 4 rings (SSSR count). The van der Waals surface area contributed by atoms with E-state index in [-0.39, 0.29) is 0 Å². The van der Waals surface area contributed by atoms with Crippen LogP contribution in [-0.2, 0) is 0 Å². The fraction of sp³-hybridized carbons (Fsp3) is 0.375. The topological polar surface area (TPSA) is 51.8 Å². The van der Waals surface area contributed by atoms with Crippen LogP contribution in [0.15, 0.2) is 28.7 Å². The smallest absolute Gasteiger partial charge is 0.161 e. The fourth-order valence-electron chi connectivity index (χ4n) is 2.56. The SMILES string of the molecule is Nc1nc(-c2ccc(C3CC3)cc2)nc(C2CC2)c1Br. The molecule has 0 radical (unpaired) electrons. The van der Waals surface area contributed by atoms with Crippen LogP contribution in [0.4, 0.5) is 5.82 Å². The Bertz CT molecular complexity index is 658. The lowest BCUT2D eigenvalue weighted by Crippen LogP contribution is -2.02. The minimum atomic E-state index is 0.545. The van der Waals surface area contributed by atoms with Crippen molar-refractivity contribution in [1.82, 2.24) is 9.97 Å². The number of anilines is 1. The third-order valence-electron chi connectivity index (χ3n) is 4.08. The van der Waals surface area contributed by atoms with Crippen LogP contribution in [0.5, 0.6) is 0 Å². The Balaban J connectivity index is 1.73. The third kappa shape index (κ3) is 2.22. The standard InChI is InChI=1S/C16H16BrN3/c17-13-14(11-5-6-11)19-16(20-15(13)18)12-7-3-10(4-8-12)9-1-2-9/h3-4,7-9,11H,1-2,5-6H2,(H2,18,19,20). The third-order valence-corrected chi connectivity index (χ3v) is 4.90. The van der Waals surface area contributed by atoms with E-state index in [1.807, 2.05) is 0 Å². The van der Waals surface area contributed by atoms with Gasteiger partial charge in [-0.2, -0.15) is 0 Å².